The Morgan fingerprint density at radius 2 is 0.478 bits per heavy atom. The predicted molar refractivity (Wildman–Crippen MR) is 174 cm³/mol. The quantitative estimate of drug-likeness (QED) is 0.118. The molecule has 0 atom stereocenters. The number of benzene rings is 4. The molecule has 0 amide bonds. The molecule has 0 bridgehead atoms. The topological polar surface area (TPSA) is 132 Å². The van der Waals surface area contributed by atoms with Crippen LogP contribution in [0.15, 0.2) is 146 Å². The Morgan fingerprint density at radius 3 is 0.674 bits per heavy atom. The molecule has 2 radical (unpaired) electrons. The van der Waals surface area contributed by atoms with Crippen molar-refractivity contribution in [3.63, 3.8) is 0 Å². The second-order valence-corrected chi connectivity index (χ2v) is 9.41. The van der Waals surface area contributed by atoms with Gasteiger partial charge in [0.1, 0.15) is 45.1 Å². The van der Waals surface area contributed by atoms with Crippen molar-refractivity contribution in [3.05, 3.63) is 146 Å². The van der Waals surface area contributed by atoms with E-state index in [2.05, 4.69) is 19.9 Å². The fourth-order valence-corrected chi connectivity index (χ4v) is 4.35. The third-order valence-corrected chi connectivity index (χ3v) is 6.45. The average molecular weight is 708 g/mol. The number of hydrogen-bond acceptors (Lipinski definition) is 8. The zero-order chi connectivity index (χ0) is 30.7. The van der Waals surface area contributed by atoms with Gasteiger partial charge in [0.2, 0.25) is 0 Å². The van der Waals surface area contributed by atoms with Gasteiger partial charge in [-0.1, -0.05) is 72.8 Å². The number of pyridine rings is 4. The molecule has 4 heterocycles. The van der Waals surface area contributed by atoms with Crippen LogP contribution in [0.4, 0.5) is 0 Å². The minimum absolute atomic E-state index is 0. The molecule has 0 spiro atoms. The largest absolute Gasteiger partial charge is 0.506 e. The van der Waals surface area contributed by atoms with Gasteiger partial charge in [-0.05, 0) is 48.5 Å². The molecule has 8 aromatic rings. The van der Waals surface area contributed by atoms with Gasteiger partial charge in [-0.25, -0.2) is 0 Å². The summed E-state index contributed by atoms with van der Waals surface area (Å²) in [5, 5.41) is 41.1. The Morgan fingerprint density at radius 1 is 0.283 bits per heavy atom. The second-order valence-electron chi connectivity index (χ2n) is 9.41. The molecule has 0 fully saturated rings. The van der Waals surface area contributed by atoms with Gasteiger partial charge >= 0.3 is 0 Å². The SMILES string of the molecule is Oc1cccc2cccnc12.Oc1cccc2cccnc12.Oc1cccc2cccnc12.Oc1cccc2cccnc12.[Cu].[Cu]. The van der Waals surface area contributed by atoms with E-state index in [4.69, 9.17) is 0 Å². The van der Waals surface area contributed by atoms with Crippen molar-refractivity contribution >= 4 is 43.6 Å². The maximum atomic E-state index is 9.31. The van der Waals surface area contributed by atoms with Crippen LogP contribution in [0.5, 0.6) is 23.0 Å². The van der Waals surface area contributed by atoms with Crippen LogP contribution in [0.25, 0.3) is 43.6 Å². The van der Waals surface area contributed by atoms with Gasteiger partial charge < -0.3 is 20.4 Å². The number of phenolic OH excluding ortho intramolecular Hbond substituents is 4. The first kappa shape index (κ1) is 35.2. The molecule has 8 rings (SSSR count). The molecular formula is C36H28Cu2N4O4. The van der Waals surface area contributed by atoms with Crippen molar-refractivity contribution in [1.29, 1.82) is 0 Å². The standard InChI is InChI=1S/4C9H7NO.2Cu/c4*11-8-5-1-3-7-4-2-6-10-9(7)8;;/h4*1-6,11H;;. The van der Waals surface area contributed by atoms with Gasteiger partial charge in [0, 0.05) is 80.5 Å². The maximum Gasteiger partial charge on any atom is 0.141 e. The van der Waals surface area contributed by atoms with E-state index in [9.17, 15) is 20.4 Å². The van der Waals surface area contributed by atoms with Gasteiger partial charge in [-0.2, -0.15) is 0 Å². The first-order chi connectivity index (χ1) is 21.5. The molecule has 0 unspecified atom stereocenters. The van der Waals surface area contributed by atoms with Crippen LogP contribution in [0.3, 0.4) is 0 Å². The molecule has 10 heteroatoms. The van der Waals surface area contributed by atoms with Crippen molar-refractivity contribution in [2.45, 2.75) is 0 Å². The van der Waals surface area contributed by atoms with Crippen LogP contribution in [-0.4, -0.2) is 40.4 Å². The number of para-hydroxylation sites is 4. The zero-order valence-corrected chi connectivity index (χ0v) is 25.9. The first-order valence-electron chi connectivity index (χ1n) is 13.6. The Hall–Kier alpha value is -5.24. The summed E-state index contributed by atoms with van der Waals surface area (Å²) >= 11 is 0. The van der Waals surface area contributed by atoms with Crippen molar-refractivity contribution < 1.29 is 54.6 Å². The Kier molecular flexibility index (Phi) is 13.3. The molecule has 4 aromatic heterocycles. The van der Waals surface area contributed by atoms with Gasteiger partial charge in [-0.3, -0.25) is 19.9 Å². The van der Waals surface area contributed by atoms with E-state index in [0.717, 1.165) is 21.5 Å². The number of aromatic hydroxyl groups is 4. The molecule has 0 saturated heterocycles. The number of nitrogens with zero attached hydrogens (tertiary/aromatic N) is 4. The molecule has 4 aromatic carbocycles. The molecular weight excluding hydrogens is 680 g/mol. The van der Waals surface area contributed by atoms with E-state index < -0.39 is 0 Å². The van der Waals surface area contributed by atoms with Crippen LogP contribution >= 0.6 is 0 Å². The molecule has 0 aliphatic rings. The molecule has 8 nitrogen and oxygen atoms in total. The van der Waals surface area contributed by atoms with Gasteiger partial charge in [-0.15, -0.1) is 0 Å². The molecule has 0 saturated carbocycles. The summed E-state index contributed by atoms with van der Waals surface area (Å²) in [6.45, 7) is 0. The third kappa shape index (κ3) is 8.91. The van der Waals surface area contributed by atoms with Crippen molar-refractivity contribution in [2.75, 3.05) is 0 Å². The van der Waals surface area contributed by atoms with E-state index in [1.807, 2.05) is 72.8 Å². The number of aromatic nitrogens is 4. The fourth-order valence-electron chi connectivity index (χ4n) is 4.35. The van der Waals surface area contributed by atoms with E-state index in [1.165, 1.54) is 0 Å². The van der Waals surface area contributed by atoms with Crippen LogP contribution in [0.1, 0.15) is 0 Å². The minimum atomic E-state index is 0. The Labute approximate surface area is 286 Å². The summed E-state index contributed by atoms with van der Waals surface area (Å²) in [5.74, 6) is 0.956. The molecule has 4 N–H and O–H groups in total. The van der Waals surface area contributed by atoms with Crippen LogP contribution in [0.2, 0.25) is 0 Å². The van der Waals surface area contributed by atoms with Crippen molar-refractivity contribution in [3.8, 4) is 23.0 Å². The van der Waals surface area contributed by atoms with Crippen LogP contribution in [-0.2, 0) is 34.1 Å². The maximum absolute atomic E-state index is 9.31. The van der Waals surface area contributed by atoms with Gasteiger partial charge in [0.05, 0.1) is 0 Å². The van der Waals surface area contributed by atoms with Crippen LogP contribution < -0.4 is 0 Å². The summed E-state index contributed by atoms with van der Waals surface area (Å²) in [6.07, 6.45) is 6.67. The minimum Gasteiger partial charge on any atom is -0.506 e. The average Bonchev–Trinajstić information content (AvgIpc) is 3.07. The summed E-state index contributed by atoms with van der Waals surface area (Å²) in [6, 6.07) is 36.5. The van der Waals surface area contributed by atoms with E-state index >= 15 is 0 Å². The summed E-state index contributed by atoms with van der Waals surface area (Å²) in [5.41, 5.74) is 2.65. The Balaban J connectivity index is 0.000000165. The summed E-state index contributed by atoms with van der Waals surface area (Å²) in [7, 11) is 0. The molecule has 0 aliphatic heterocycles. The first-order valence-corrected chi connectivity index (χ1v) is 13.6. The summed E-state index contributed by atoms with van der Waals surface area (Å²) < 4.78 is 0. The zero-order valence-electron chi connectivity index (χ0n) is 24.0. The normalized spacial score (nSPS) is 9.74. The van der Waals surface area contributed by atoms with Crippen molar-refractivity contribution in [1.82, 2.24) is 19.9 Å². The molecule has 238 valence electrons. The number of rotatable bonds is 0. The van der Waals surface area contributed by atoms with E-state index in [0.29, 0.717) is 22.1 Å². The summed E-state index contributed by atoms with van der Waals surface area (Å²) in [4.78, 5) is 16.1. The molecule has 0 aliphatic carbocycles. The second kappa shape index (κ2) is 17.3. The van der Waals surface area contributed by atoms with Crippen molar-refractivity contribution in [2.24, 2.45) is 0 Å². The van der Waals surface area contributed by atoms with Crippen LogP contribution in [0, 0.1) is 0 Å². The Bertz CT molecular complexity index is 1840. The van der Waals surface area contributed by atoms with E-state index in [-0.39, 0.29) is 57.1 Å². The third-order valence-electron chi connectivity index (χ3n) is 6.45. The van der Waals surface area contributed by atoms with E-state index in [1.54, 1.807) is 73.3 Å². The number of hydrogen-bond donors (Lipinski definition) is 4. The van der Waals surface area contributed by atoms with Gasteiger partial charge in [0.25, 0.3) is 0 Å². The smallest absolute Gasteiger partial charge is 0.141 e. The van der Waals surface area contributed by atoms with Gasteiger partial charge in [0.15, 0.2) is 0 Å². The number of fused-ring (bicyclic) bond motifs is 4. The monoisotopic (exact) mass is 706 g/mol. The number of phenols is 4. The predicted octanol–water partition coefficient (Wildman–Crippen LogP) is 7.76. The fraction of sp³-hybridized carbons (Fsp3) is 0. The molecule has 46 heavy (non-hydrogen) atoms.